The van der Waals surface area contributed by atoms with Gasteiger partial charge in [-0.1, -0.05) is 18.2 Å². The number of fused-ring (bicyclic) bond motifs is 1. The molecule has 0 saturated heterocycles. The highest BCUT2D eigenvalue weighted by Crippen LogP contribution is 2.30. The molecule has 0 aliphatic heterocycles. The molecule has 0 fully saturated rings. The Bertz CT molecular complexity index is 747. The summed E-state index contributed by atoms with van der Waals surface area (Å²) in [5, 5.41) is 10.8. The van der Waals surface area contributed by atoms with Gasteiger partial charge in [0.05, 0.1) is 0 Å². The van der Waals surface area contributed by atoms with Crippen LogP contribution in [0.2, 0.25) is 0 Å². The molecule has 1 heterocycles. The van der Waals surface area contributed by atoms with Gasteiger partial charge in [-0.25, -0.2) is 13.2 Å². The largest absolute Gasteiger partial charge is 0.458 e. The molecule has 0 bridgehead atoms. The van der Waals surface area contributed by atoms with Gasteiger partial charge in [-0.05, 0) is 18.2 Å². The first-order chi connectivity index (χ1) is 9.56. The molecule has 1 N–H and O–H groups in total. The van der Waals surface area contributed by atoms with Crippen LogP contribution in [0.4, 0.5) is 13.2 Å². The number of hydrogen-bond donors (Lipinski definition) is 1. The Hall–Kier alpha value is -2.27. The summed E-state index contributed by atoms with van der Waals surface area (Å²) >= 11 is 0. The van der Waals surface area contributed by atoms with Crippen molar-refractivity contribution >= 4 is 11.0 Å². The molecule has 20 heavy (non-hydrogen) atoms. The average molecular weight is 278 g/mol. The van der Waals surface area contributed by atoms with Gasteiger partial charge < -0.3 is 9.52 Å². The van der Waals surface area contributed by atoms with Crippen LogP contribution in [0, 0.1) is 17.5 Å². The summed E-state index contributed by atoms with van der Waals surface area (Å²) in [5.41, 5.74) is 0.146. The Kier molecular flexibility index (Phi) is 2.99. The summed E-state index contributed by atoms with van der Waals surface area (Å²) in [4.78, 5) is 0. The zero-order valence-corrected chi connectivity index (χ0v) is 10.1. The average Bonchev–Trinajstić information content (AvgIpc) is 2.86. The highest BCUT2D eigenvalue weighted by Gasteiger charge is 2.21. The Morgan fingerprint density at radius 1 is 0.900 bits per heavy atom. The van der Waals surface area contributed by atoms with Crippen LogP contribution in [0.5, 0.6) is 0 Å². The highest BCUT2D eigenvalue weighted by molar-refractivity contribution is 5.77. The predicted molar refractivity (Wildman–Crippen MR) is 66.6 cm³/mol. The summed E-state index contributed by atoms with van der Waals surface area (Å²) in [6.07, 6.45) is -1.50. The molecule has 0 radical (unpaired) electrons. The molecular formula is C15H9F3O2. The normalized spacial score (nSPS) is 12.8. The Morgan fingerprint density at radius 2 is 1.60 bits per heavy atom. The van der Waals surface area contributed by atoms with E-state index in [0.717, 1.165) is 5.39 Å². The standard InChI is InChI=1S/C15H9F3O2/c16-10-7-12(18)11(17)6-9(10)15(19)14-5-8-3-1-2-4-13(8)20-14/h1-7,15,19H. The fourth-order valence-electron chi connectivity index (χ4n) is 2.04. The maximum atomic E-state index is 13.6. The molecule has 3 rings (SSSR count). The quantitative estimate of drug-likeness (QED) is 0.720. The van der Waals surface area contributed by atoms with Crippen LogP contribution in [0.1, 0.15) is 17.4 Å². The van der Waals surface area contributed by atoms with Crippen molar-refractivity contribution in [1.29, 1.82) is 0 Å². The molecule has 3 aromatic rings. The van der Waals surface area contributed by atoms with Crippen LogP contribution in [-0.4, -0.2) is 5.11 Å². The minimum Gasteiger partial charge on any atom is -0.458 e. The molecule has 1 atom stereocenters. The van der Waals surface area contributed by atoms with E-state index in [4.69, 9.17) is 4.42 Å². The molecule has 1 aromatic heterocycles. The summed E-state index contributed by atoms with van der Waals surface area (Å²) in [6.45, 7) is 0. The van der Waals surface area contributed by atoms with Gasteiger partial charge in [0.25, 0.3) is 0 Å². The number of hydrogen-bond acceptors (Lipinski definition) is 2. The maximum Gasteiger partial charge on any atom is 0.161 e. The lowest BCUT2D eigenvalue weighted by atomic mass is 10.1. The Labute approximate surface area is 112 Å². The molecule has 2 nitrogen and oxygen atoms in total. The van der Waals surface area contributed by atoms with E-state index in [9.17, 15) is 18.3 Å². The number of rotatable bonds is 2. The van der Waals surface area contributed by atoms with E-state index < -0.39 is 23.6 Å². The van der Waals surface area contributed by atoms with Crippen LogP contribution >= 0.6 is 0 Å². The van der Waals surface area contributed by atoms with E-state index in [-0.39, 0.29) is 11.3 Å². The summed E-state index contributed by atoms with van der Waals surface area (Å²) in [6, 6.07) is 9.54. The lowest BCUT2D eigenvalue weighted by Crippen LogP contribution is -2.03. The van der Waals surface area contributed by atoms with Crippen molar-refractivity contribution < 1.29 is 22.7 Å². The van der Waals surface area contributed by atoms with Crippen molar-refractivity contribution in [1.82, 2.24) is 0 Å². The van der Waals surface area contributed by atoms with Crippen LogP contribution in [0.3, 0.4) is 0 Å². The second kappa shape index (κ2) is 4.68. The Balaban J connectivity index is 2.07. The molecule has 2 aromatic carbocycles. The smallest absolute Gasteiger partial charge is 0.161 e. The van der Waals surface area contributed by atoms with Gasteiger partial charge in [-0.3, -0.25) is 0 Å². The minimum atomic E-state index is -1.50. The maximum absolute atomic E-state index is 13.6. The second-order valence-corrected chi connectivity index (χ2v) is 4.38. The fraction of sp³-hybridized carbons (Fsp3) is 0.0667. The van der Waals surface area contributed by atoms with E-state index in [1.165, 1.54) is 6.07 Å². The summed E-state index contributed by atoms with van der Waals surface area (Å²) in [7, 11) is 0. The van der Waals surface area contributed by atoms with Crippen molar-refractivity contribution in [2.45, 2.75) is 6.10 Å². The third-order valence-electron chi connectivity index (χ3n) is 3.05. The van der Waals surface area contributed by atoms with E-state index in [1.807, 2.05) is 0 Å². The Morgan fingerprint density at radius 3 is 2.35 bits per heavy atom. The first kappa shape index (κ1) is 12.7. The van der Waals surface area contributed by atoms with Gasteiger partial charge in [0, 0.05) is 17.0 Å². The molecule has 0 amide bonds. The molecule has 0 aliphatic rings. The first-order valence-electron chi connectivity index (χ1n) is 5.87. The number of para-hydroxylation sites is 1. The van der Waals surface area contributed by atoms with Crippen LogP contribution in [0.25, 0.3) is 11.0 Å². The number of halogens is 3. The van der Waals surface area contributed by atoms with Crippen LogP contribution in [0.15, 0.2) is 46.9 Å². The molecule has 0 aliphatic carbocycles. The number of benzene rings is 2. The van der Waals surface area contributed by atoms with Gasteiger partial charge >= 0.3 is 0 Å². The minimum absolute atomic E-state index is 0.0658. The molecule has 0 spiro atoms. The van der Waals surface area contributed by atoms with Crippen molar-refractivity contribution in [2.24, 2.45) is 0 Å². The first-order valence-corrected chi connectivity index (χ1v) is 5.87. The topological polar surface area (TPSA) is 33.4 Å². The van der Waals surface area contributed by atoms with Gasteiger partial charge in [0.2, 0.25) is 0 Å². The highest BCUT2D eigenvalue weighted by atomic mass is 19.2. The van der Waals surface area contributed by atoms with E-state index in [2.05, 4.69) is 0 Å². The van der Waals surface area contributed by atoms with Gasteiger partial charge in [-0.15, -0.1) is 0 Å². The third-order valence-corrected chi connectivity index (χ3v) is 3.05. The zero-order valence-electron chi connectivity index (χ0n) is 10.1. The van der Waals surface area contributed by atoms with Crippen LogP contribution in [-0.2, 0) is 0 Å². The van der Waals surface area contributed by atoms with Crippen LogP contribution < -0.4 is 0 Å². The summed E-state index contributed by atoms with van der Waals surface area (Å²) in [5.74, 6) is -3.49. The molecular weight excluding hydrogens is 269 g/mol. The number of aliphatic hydroxyl groups is 1. The third kappa shape index (κ3) is 2.06. The summed E-state index contributed by atoms with van der Waals surface area (Å²) < 4.78 is 45.0. The molecule has 5 heteroatoms. The van der Waals surface area contributed by atoms with Crippen molar-refractivity contribution in [3.63, 3.8) is 0 Å². The lowest BCUT2D eigenvalue weighted by Gasteiger charge is -2.09. The monoisotopic (exact) mass is 278 g/mol. The molecule has 102 valence electrons. The zero-order chi connectivity index (χ0) is 14.3. The van der Waals surface area contributed by atoms with Crippen molar-refractivity contribution in [3.05, 3.63) is 71.2 Å². The van der Waals surface area contributed by atoms with E-state index >= 15 is 0 Å². The number of furan rings is 1. The second-order valence-electron chi connectivity index (χ2n) is 4.38. The van der Waals surface area contributed by atoms with Crippen molar-refractivity contribution in [3.8, 4) is 0 Å². The SMILES string of the molecule is OC(c1cc2ccccc2o1)c1cc(F)c(F)cc1F. The number of aliphatic hydroxyl groups excluding tert-OH is 1. The van der Waals surface area contributed by atoms with E-state index in [0.29, 0.717) is 17.7 Å². The lowest BCUT2D eigenvalue weighted by molar-refractivity contribution is 0.186. The fourth-order valence-corrected chi connectivity index (χ4v) is 2.04. The predicted octanol–water partition coefficient (Wildman–Crippen LogP) is 3.93. The van der Waals surface area contributed by atoms with Gasteiger partial charge in [0.15, 0.2) is 11.6 Å². The van der Waals surface area contributed by atoms with Crippen molar-refractivity contribution in [2.75, 3.05) is 0 Å². The molecule has 0 saturated carbocycles. The molecule has 1 unspecified atom stereocenters. The van der Waals surface area contributed by atoms with E-state index in [1.54, 1.807) is 24.3 Å². The van der Waals surface area contributed by atoms with Gasteiger partial charge in [0.1, 0.15) is 23.3 Å². The van der Waals surface area contributed by atoms with Gasteiger partial charge in [-0.2, -0.15) is 0 Å².